The highest BCUT2D eigenvalue weighted by molar-refractivity contribution is 6.33. The summed E-state index contributed by atoms with van der Waals surface area (Å²) in [5.41, 5.74) is 1.07. The van der Waals surface area contributed by atoms with E-state index in [1.165, 1.54) is 12.3 Å². The predicted molar refractivity (Wildman–Crippen MR) is 99.2 cm³/mol. The van der Waals surface area contributed by atoms with Gasteiger partial charge >= 0.3 is 0 Å². The molecule has 0 saturated carbocycles. The molecule has 2 aromatic rings. The fourth-order valence-corrected chi connectivity index (χ4v) is 2.71. The van der Waals surface area contributed by atoms with Crippen LogP contribution in [0.3, 0.4) is 0 Å². The Morgan fingerprint density at radius 3 is 2.59 bits per heavy atom. The number of hydrogen-bond donors (Lipinski definition) is 3. The zero-order valence-electron chi connectivity index (χ0n) is 14.0. The Labute approximate surface area is 159 Å². The minimum atomic E-state index is -0.550. The summed E-state index contributed by atoms with van der Waals surface area (Å²) < 4.78 is 0. The average molecular weight is 387 g/mol. The number of carbonyl (C=O) groups is 3. The van der Waals surface area contributed by atoms with E-state index in [9.17, 15) is 14.4 Å². The highest BCUT2D eigenvalue weighted by Gasteiger charge is 2.31. The molecule has 0 atom stereocenters. The van der Waals surface area contributed by atoms with Gasteiger partial charge < -0.3 is 15.7 Å². The van der Waals surface area contributed by atoms with Crippen LogP contribution in [0.1, 0.15) is 10.4 Å². The molecule has 8 nitrogen and oxygen atoms in total. The lowest BCUT2D eigenvalue weighted by molar-refractivity contribution is -0.137. The normalized spacial score (nSPS) is 13.6. The van der Waals surface area contributed by atoms with Crippen LogP contribution in [0.25, 0.3) is 0 Å². The SMILES string of the molecule is O=C(Nc1ccccc1NC1=CC(=O)N(CCO)C1=O)c1cccnc1Cl. The van der Waals surface area contributed by atoms with Gasteiger partial charge in [0.05, 0.1) is 30.1 Å². The maximum Gasteiger partial charge on any atom is 0.277 e. The summed E-state index contributed by atoms with van der Waals surface area (Å²) in [6.07, 6.45) is 2.62. The molecule has 1 aromatic heterocycles. The molecule has 0 radical (unpaired) electrons. The average Bonchev–Trinajstić information content (AvgIpc) is 2.91. The number of benzene rings is 1. The molecule has 0 fully saturated rings. The first-order valence-electron chi connectivity index (χ1n) is 7.97. The Balaban J connectivity index is 1.80. The van der Waals surface area contributed by atoms with Gasteiger partial charge in [-0.25, -0.2) is 4.98 Å². The number of nitrogens with zero attached hydrogens (tertiary/aromatic N) is 2. The van der Waals surface area contributed by atoms with Crippen LogP contribution in [0.5, 0.6) is 0 Å². The number of aliphatic hydroxyl groups excluding tert-OH is 1. The number of hydrogen-bond acceptors (Lipinski definition) is 6. The van der Waals surface area contributed by atoms with Crippen LogP contribution < -0.4 is 10.6 Å². The van der Waals surface area contributed by atoms with Crippen molar-refractivity contribution in [1.82, 2.24) is 9.88 Å². The summed E-state index contributed by atoms with van der Waals surface area (Å²) in [6, 6.07) is 9.83. The van der Waals surface area contributed by atoms with E-state index in [-0.39, 0.29) is 29.6 Å². The highest BCUT2D eigenvalue weighted by Crippen LogP contribution is 2.26. The third kappa shape index (κ3) is 3.97. The maximum absolute atomic E-state index is 12.4. The van der Waals surface area contributed by atoms with Gasteiger partial charge in [0, 0.05) is 12.3 Å². The first-order valence-corrected chi connectivity index (χ1v) is 8.35. The summed E-state index contributed by atoms with van der Waals surface area (Å²) in [5, 5.41) is 14.6. The summed E-state index contributed by atoms with van der Waals surface area (Å²) in [4.78, 5) is 41.3. The number of nitrogens with one attached hydrogen (secondary N) is 2. The molecular formula is C18H15ClN4O4. The fraction of sp³-hybridized carbons (Fsp3) is 0.111. The van der Waals surface area contributed by atoms with Gasteiger partial charge in [-0.3, -0.25) is 19.3 Å². The van der Waals surface area contributed by atoms with Gasteiger partial charge in [0.1, 0.15) is 10.9 Å². The van der Waals surface area contributed by atoms with E-state index in [1.54, 1.807) is 30.3 Å². The second kappa shape index (κ2) is 7.98. The van der Waals surface area contributed by atoms with E-state index >= 15 is 0 Å². The third-order valence-corrected chi connectivity index (χ3v) is 4.08. The molecule has 0 aliphatic carbocycles. The number of halogens is 1. The van der Waals surface area contributed by atoms with Crippen molar-refractivity contribution in [2.75, 3.05) is 23.8 Å². The van der Waals surface area contributed by atoms with Gasteiger partial charge in [-0.1, -0.05) is 23.7 Å². The topological polar surface area (TPSA) is 112 Å². The van der Waals surface area contributed by atoms with Crippen LogP contribution in [0.2, 0.25) is 5.15 Å². The first-order chi connectivity index (χ1) is 13.0. The monoisotopic (exact) mass is 386 g/mol. The number of pyridine rings is 1. The molecule has 138 valence electrons. The lowest BCUT2D eigenvalue weighted by Gasteiger charge is -2.15. The number of rotatable bonds is 6. The van der Waals surface area contributed by atoms with Gasteiger partial charge in [-0.2, -0.15) is 0 Å². The molecule has 3 N–H and O–H groups in total. The minimum absolute atomic E-state index is 0.0505. The van der Waals surface area contributed by atoms with Crippen molar-refractivity contribution in [3.63, 3.8) is 0 Å². The molecule has 1 aliphatic rings. The number of anilines is 2. The third-order valence-electron chi connectivity index (χ3n) is 3.78. The molecule has 0 spiro atoms. The zero-order chi connectivity index (χ0) is 19.4. The van der Waals surface area contributed by atoms with E-state index in [2.05, 4.69) is 15.6 Å². The molecule has 1 aliphatic heterocycles. The molecule has 2 heterocycles. The van der Waals surface area contributed by atoms with Crippen LogP contribution in [-0.4, -0.2) is 45.9 Å². The number of aromatic nitrogens is 1. The van der Waals surface area contributed by atoms with Crippen molar-refractivity contribution in [2.24, 2.45) is 0 Å². The van der Waals surface area contributed by atoms with Crippen LogP contribution in [-0.2, 0) is 9.59 Å². The fourth-order valence-electron chi connectivity index (χ4n) is 2.50. The Morgan fingerprint density at radius 2 is 1.89 bits per heavy atom. The number of carbonyl (C=O) groups excluding carboxylic acids is 3. The molecule has 3 amide bonds. The summed E-state index contributed by atoms with van der Waals surface area (Å²) in [6.45, 7) is -0.408. The molecule has 0 unspecified atom stereocenters. The Kier molecular flexibility index (Phi) is 5.49. The van der Waals surface area contributed by atoms with Crippen molar-refractivity contribution in [3.05, 3.63) is 65.1 Å². The molecule has 27 heavy (non-hydrogen) atoms. The van der Waals surface area contributed by atoms with E-state index in [1.807, 2.05) is 0 Å². The van der Waals surface area contributed by atoms with E-state index < -0.39 is 17.7 Å². The van der Waals surface area contributed by atoms with E-state index in [4.69, 9.17) is 16.7 Å². The summed E-state index contributed by atoms with van der Waals surface area (Å²) >= 11 is 5.94. The van der Waals surface area contributed by atoms with Crippen molar-refractivity contribution >= 4 is 40.7 Å². The van der Waals surface area contributed by atoms with Crippen molar-refractivity contribution in [2.45, 2.75) is 0 Å². The van der Waals surface area contributed by atoms with Crippen LogP contribution in [0.4, 0.5) is 11.4 Å². The number of imide groups is 1. The van der Waals surface area contributed by atoms with Gasteiger partial charge in [0.25, 0.3) is 17.7 Å². The first kappa shape index (κ1) is 18.6. The standard InChI is InChI=1S/C18H15ClN4O4/c19-16-11(4-3-7-20-16)17(26)22-13-6-2-1-5-12(13)21-14-10-15(25)23(8-9-24)18(14)27/h1-7,10,21,24H,8-9H2,(H,22,26). The zero-order valence-corrected chi connectivity index (χ0v) is 14.7. The van der Waals surface area contributed by atoms with Crippen LogP contribution in [0, 0.1) is 0 Å². The minimum Gasteiger partial charge on any atom is -0.395 e. The Hall–Kier alpha value is -3.23. The Morgan fingerprint density at radius 1 is 1.15 bits per heavy atom. The largest absolute Gasteiger partial charge is 0.395 e. The van der Waals surface area contributed by atoms with Crippen LogP contribution >= 0.6 is 11.6 Å². The number of amides is 3. The van der Waals surface area contributed by atoms with Gasteiger partial charge in [-0.05, 0) is 24.3 Å². The molecular weight excluding hydrogens is 372 g/mol. The van der Waals surface area contributed by atoms with Gasteiger partial charge in [0.2, 0.25) is 0 Å². The van der Waals surface area contributed by atoms with Crippen molar-refractivity contribution in [3.8, 4) is 0 Å². The second-order valence-electron chi connectivity index (χ2n) is 5.54. The quantitative estimate of drug-likeness (QED) is 0.514. The lowest BCUT2D eigenvalue weighted by atomic mass is 10.2. The van der Waals surface area contributed by atoms with Gasteiger partial charge in [0.15, 0.2) is 0 Å². The summed E-state index contributed by atoms with van der Waals surface area (Å²) in [5.74, 6) is -1.53. The van der Waals surface area contributed by atoms with Crippen molar-refractivity contribution < 1.29 is 19.5 Å². The van der Waals surface area contributed by atoms with E-state index in [0.29, 0.717) is 11.4 Å². The molecule has 0 bridgehead atoms. The van der Waals surface area contributed by atoms with Gasteiger partial charge in [-0.15, -0.1) is 0 Å². The number of para-hydroxylation sites is 2. The predicted octanol–water partition coefficient (Wildman–Crippen LogP) is 1.64. The summed E-state index contributed by atoms with van der Waals surface area (Å²) in [7, 11) is 0. The van der Waals surface area contributed by atoms with E-state index in [0.717, 1.165) is 11.0 Å². The molecule has 0 saturated heterocycles. The lowest BCUT2D eigenvalue weighted by Crippen LogP contribution is -2.34. The highest BCUT2D eigenvalue weighted by atomic mass is 35.5. The van der Waals surface area contributed by atoms with Crippen molar-refractivity contribution in [1.29, 1.82) is 0 Å². The smallest absolute Gasteiger partial charge is 0.277 e. The molecule has 9 heteroatoms. The van der Waals surface area contributed by atoms with Crippen LogP contribution in [0.15, 0.2) is 54.4 Å². The second-order valence-corrected chi connectivity index (χ2v) is 5.90. The number of β-amino-alcohol motifs (C(OH)–C–C–N with tert-alkyl or cyclic N) is 1. The number of aliphatic hydroxyl groups is 1. The Bertz CT molecular complexity index is 944. The molecule has 3 rings (SSSR count). The maximum atomic E-state index is 12.4. The molecule has 1 aromatic carbocycles.